The minimum atomic E-state index is -0.0661. The van der Waals surface area contributed by atoms with Crippen LogP contribution in [0.4, 0.5) is 5.69 Å². The summed E-state index contributed by atoms with van der Waals surface area (Å²) in [5.74, 6) is 0.228. The van der Waals surface area contributed by atoms with Crippen LogP contribution in [-0.2, 0) is 24.1 Å². The molecule has 1 aliphatic carbocycles. The lowest BCUT2D eigenvalue weighted by Crippen LogP contribution is -2.14. The number of benzene rings is 2. The van der Waals surface area contributed by atoms with Gasteiger partial charge >= 0.3 is 0 Å². The number of nitrogens with one attached hydrogen (secondary N) is 1. The third-order valence-electron chi connectivity index (χ3n) is 4.97. The summed E-state index contributed by atoms with van der Waals surface area (Å²) in [6, 6.07) is 19.8. The van der Waals surface area contributed by atoms with Gasteiger partial charge in [0.2, 0.25) is 5.91 Å². The Balaban J connectivity index is 1.47. The van der Waals surface area contributed by atoms with E-state index < -0.39 is 0 Å². The van der Waals surface area contributed by atoms with Crippen molar-refractivity contribution in [2.45, 2.75) is 37.3 Å². The number of aromatic nitrogens is 2. The van der Waals surface area contributed by atoms with Crippen molar-refractivity contribution in [2.24, 2.45) is 0 Å². The summed E-state index contributed by atoms with van der Waals surface area (Å²) in [6.45, 7) is 0. The molecule has 3 aromatic rings. The second-order valence-electron chi connectivity index (χ2n) is 7.03. The van der Waals surface area contributed by atoms with Gasteiger partial charge in [-0.3, -0.25) is 9.36 Å². The van der Waals surface area contributed by atoms with E-state index in [1.807, 2.05) is 42.5 Å². The summed E-state index contributed by atoms with van der Waals surface area (Å²) in [7, 11) is 0. The third-order valence-corrected chi connectivity index (χ3v) is 5.91. The van der Waals surface area contributed by atoms with Crippen LogP contribution in [0, 0.1) is 11.3 Å². The van der Waals surface area contributed by atoms with Gasteiger partial charge in [0.05, 0.1) is 23.9 Å². The van der Waals surface area contributed by atoms with Gasteiger partial charge < -0.3 is 5.32 Å². The molecule has 1 aliphatic rings. The molecule has 1 amide bonds. The van der Waals surface area contributed by atoms with Crippen molar-refractivity contribution in [3.05, 3.63) is 71.5 Å². The van der Waals surface area contributed by atoms with Gasteiger partial charge in [0.1, 0.15) is 0 Å². The van der Waals surface area contributed by atoms with E-state index in [2.05, 4.69) is 28.1 Å². The first-order valence-corrected chi connectivity index (χ1v) is 10.8. The summed E-state index contributed by atoms with van der Waals surface area (Å²) in [5, 5.41) is 12.5. The summed E-state index contributed by atoms with van der Waals surface area (Å²) < 4.78 is 2.21. The fraction of sp³-hybridized carbons (Fsp3) is 0.261. The Bertz CT molecular complexity index is 1040. The standard InChI is InChI=1S/C23H22N4OS/c24-15-14-17-10-12-18(13-11-17)25-22(28)16-29-23-26-20-8-4-5-9-21(20)27(23)19-6-2-1-3-7-19/h1-3,6-7,10-13H,4-5,8-9,14,16H2,(H,25,28). The molecule has 5 nitrogen and oxygen atoms in total. The highest BCUT2D eigenvalue weighted by atomic mass is 32.2. The zero-order valence-corrected chi connectivity index (χ0v) is 16.9. The minimum Gasteiger partial charge on any atom is -0.325 e. The van der Waals surface area contributed by atoms with E-state index in [1.54, 1.807) is 0 Å². The predicted molar refractivity (Wildman–Crippen MR) is 115 cm³/mol. The number of imidazole rings is 1. The molecule has 0 atom stereocenters. The third kappa shape index (κ3) is 4.52. The number of nitrogens with zero attached hydrogens (tertiary/aromatic N) is 3. The Kier molecular flexibility index (Phi) is 5.97. The Morgan fingerprint density at radius 3 is 2.62 bits per heavy atom. The molecule has 1 aromatic heterocycles. The monoisotopic (exact) mass is 402 g/mol. The Hall–Kier alpha value is -3.04. The van der Waals surface area contributed by atoms with Crippen molar-refractivity contribution in [1.29, 1.82) is 5.26 Å². The number of aryl methyl sites for hydroxylation is 1. The van der Waals surface area contributed by atoms with Gasteiger partial charge in [0, 0.05) is 17.1 Å². The maximum Gasteiger partial charge on any atom is 0.234 e. The Labute approximate surface area is 174 Å². The van der Waals surface area contributed by atoms with Crippen molar-refractivity contribution < 1.29 is 4.79 Å². The van der Waals surface area contributed by atoms with Crippen LogP contribution in [0.2, 0.25) is 0 Å². The van der Waals surface area contributed by atoms with Gasteiger partial charge in [-0.15, -0.1) is 0 Å². The largest absolute Gasteiger partial charge is 0.325 e. The highest BCUT2D eigenvalue weighted by Gasteiger charge is 2.21. The maximum atomic E-state index is 12.5. The predicted octanol–water partition coefficient (Wildman–Crippen LogP) is 4.55. The summed E-state index contributed by atoms with van der Waals surface area (Å²) in [4.78, 5) is 17.3. The molecule has 6 heteroatoms. The van der Waals surface area contributed by atoms with Gasteiger partial charge in [-0.2, -0.15) is 5.26 Å². The van der Waals surface area contributed by atoms with Crippen molar-refractivity contribution in [3.8, 4) is 11.8 Å². The van der Waals surface area contributed by atoms with E-state index >= 15 is 0 Å². The molecule has 0 fully saturated rings. The molecule has 0 saturated carbocycles. The number of nitriles is 1. The Morgan fingerprint density at radius 2 is 1.86 bits per heavy atom. The summed E-state index contributed by atoms with van der Waals surface area (Å²) in [5.41, 5.74) is 5.21. The normalized spacial score (nSPS) is 12.8. The lowest BCUT2D eigenvalue weighted by atomic mass is 10.0. The number of rotatable bonds is 6. The average molecular weight is 403 g/mol. The molecule has 2 aromatic carbocycles. The van der Waals surface area contributed by atoms with Crippen LogP contribution in [0.1, 0.15) is 29.8 Å². The molecule has 1 heterocycles. The number of fused-ring (bicyclic) bond motifs is 1. The molecule has 0 radical (unpaired) electrons. The summed E-state index contributed by atoms with van der Waals surface area (Å²) in [6.07, 6.45) is 4.75. The van der Waals surface area contributed by atoms with Gasteiger partial charge in [-0.1, -0.05) is 42.1 Å². The van der Waals surface area contributed by atoms with Crippen LogP contribution in [0.15, 0.2) is 59.8 Å². The van der Waals surface area contributed by atoms with Crippen LogP contribution in [0.25, 0.3) is 5.69 Å². The fourth-order valence-electron chi connectivity index (χ4n) is 3.58. The zero-order chi connectivity index (χ0) is 20.1. The van der Waals surface area contributed by atoms with Gasteiger partial charge in [0.25, 0.3) is 0 Å². The van der Waals surface area contributed by atoms with Gasteiger partial charge in [-0.25, -0.2) is 4.98 Å². The SMILES string of the molecule is N#CCc1ccc(NC(=O)CSc2nc3c(n2-c2ccccc2)CCCC3)cc1. The quantitative estimate of drug-likeness (QED) is 0.614. The average Bonchev–Trinajstić information content (AvgIpc) is 3.13. The van der Waals surface area contributed by atoms with E-state index in [0.717, 1.165) is 40.6 Å². The number of hydrogen-bond acceptors (Lipinski definition) is 4. The molecule has 0 spiro atoms. The van der Waals surface area contributed by atoms with Crippen LogP contribution in [-0.4, -0.2) is 21.2 Å². The molecule has 0 bridgehead atoms. The molecule has 29 heavy (non-hydrogen) atoms. The zero-order valence-electron chi connectivity index (χ0n) is 16.1. The summed E-state index contributed by atoms with van der Waals surface area (Å²) >= 11 is 1.47. The van der Waals surface area contributed by atoms with Crippen molar-refractivity contribution in [1.82, 2.24) is 9.55 Å². The lowest BCUT2D eigenvalue weighted by Gasteiger charge is -2.15. The first kappa shape index (κ1) is 19.3. The molecular weight excluding hydrogens is 380 g/mol. The van der Waals surface area contributed by atoms with Crippen LogP contribution >= 0.6 is 11.8 Å². The first-order chi connectivity index (χ1) is 14.2. The van der Waals surface area contributed by atoms with Gasteiger partial charge in [0.15, 0.2) is 5.16 Å². The first-order valence-electron chi connectivity index (χ1n) is 9.79. The maximum absolute atomic E-state index is 12.5. The van der Waals surface area contributed by atoms with Crippen molar-refractivity contribution >= 4 is 23.4 Å². The van der Waals surface area contributed by atoms with E-state index in [0.29, 0.717) is 12.2 Å². The molecule has 1 N–H and O–H groups in total. The number of carbonyl (C=O) groups excluding carboxylic acids is 1. The van der Waals surface area contributed by atoms with E-state index in [9.17, 15) is 4.79 Å². The van der Waals surface area contributed by atoms with E-state index in [1.165, 1.54) is 30.3 Å². The van der Waals surface area contributed by atoms with Crippen molar-refractivity contribution in [3.63, 3.8) is 0 Å². The van der Waals surface area contributed by atoms with Gasteiger partial charge in [-0.05, 0) is 55.5 Å². The number of carbonyl (C=O) groups is 1. The second kappa shape index (κ2) is 8.97. The fourth-order valence-corrected chi connectivity index (χ4v) is 4.43. The van der Waals surface area contributed by atoms with E-state index in [-0.39, 0.29) is 5.91 Å². The molecule has 0 aliphatic heterocycles. The van der Waals surface area contributed by atoms with Crippen molar-refractivity contribution in [2.75, 3.05) is 11.1 Å². The second-order valence-corrected chi connectivity index (χ2v) is 7.98. The number of anilines is 1. The minimum absolute atomic E-state index is 0.0661. The van der Waals surface area contributed by atoms with E-state index in [4.69, 9.17) is 10.2 Å². The number of para-hydroxylation sites is 1. The number of amides is 1. The Morgan fingerprint density at radius 1 is 1.10 bits per heavy atom. The highest BCUT2D eigenvalue weighted by Crippen LogP contribution is 2.30. The highest BCUT2D eigenvalue weighted by molar-refractivity contribution is 7.99. The van der Waals surface area contributed by atoms with Crippen LogP contribution < -0.4 is 5.32 Å². The number of hydrogen-bond donors (Lipinski definition) is 1. The molecule has 146 valence electrons. The molecule has 0 saturated heterocycles. The molecule has 4 rings (SSSR count). The van der Waals surface area contributed by atoms with Crippen LogP contribution in [0.5, 0.6) is 0 Å². The number of thioether (sulfide) groups is 1. The topological polar surface area (TPSA) is 70.7 Å². The molecular formula is C23H22N4OS. The van der Waals surface area contributed by atoms with Crippen LogP contribution in [0.3, 0.4) is 0 Å². The molecule has 0 unspecified atom stereocenters. The lowest BCUT2D eigenvalue weighted by molar-refractivity contribution is -0.113. The smallest absolute Gasteiger partial charge is 0.234 e.